The van der Waals surface area contributed by atoms with Crippen molar-refractivity contribution in [2.75, 3.05) is 0 Å². The van der Waals surface area contributed by atoms with Gasteiger partial charge in [-0.05, 0) is 54.1 Å². The molecule has 0 spiro atoms. The molecule has 0 fully saturated rings. The normalized spacial score (nSPS) is 11.0. The summed E-state index contributed by atoms with van der Waals surface area (Å²) in [6.07, 6.45) is 1.59. The van der Waals surface area contributed by atoms with Gasteiger partial charge in [0.25, 0.3) is 5.91 Å². The molecule has 0 unspecified atom stereocenters. The Labute approximate surface area is 211 Å². The quantitative estimate of drug-likeness (QED) is 0.189. The molecule has 1 N–H and O–H groups in total. The number of pyridine rings is 1. The molecule has 5 aromatic rings. The maximum absolute atomic E-state index is 13.1. The molecule has 0 saturated heterocycles. The third-order valence-electron chi connectivity index (χ3n) is 5.30. The number of carbonyl (C=O) groups is 1. The van der Waals surface area contributed by atoms with E-state index in [1.807, 2.05) is 103 Å². The van der Waals surface area contributed by atoms with Gasteiger partial charge in [-0.1, -0.05) is 76.6 Å². The molecule has 170 valence electrons. The Morgan fingerprint density at radius 1 is 0.829 bits per heavy atom. The van der Waals surface area contributed by atoms with E-state index in [2.05, 4.69) is 26.5 Å². The van der Waals surface area contributed by atoms with Crippen LogP contribution >= 0.6 is 15.9 Å². The highest BCUT2D eigenvalue weighted by molar-refractivity contribution is 9.10. The largest absolute Gasteiger partial charge is 0.457 e. The highest BCUT2D eigenvalue weighted by Gasteiger charge is 2.13. The molecule has 6 heteroatoms. The van der Waals surface area contributed by atoms with E-state index in [0.717, 1.165) is 32.3 Å². The molecular weight excluding hydrogens is 502 g/mol. The molecule has 0 saturated carbocycles. The molecule has 5 rings (SSSR count). The van der Waals surface area contributed by atoms with Crippen LogP contribution in [0.5, 0.6) is 11.5 Å². The second kappa shape index (κ2) is 10.3. The lowest BCUT2D eigenvalue weighted by Gasteiger charge is -2.09. The Bertz CT molecular complexity index is 1530. The number of carbonyl (C=O) groups excluding carboxylic acids is 1. The minimum atomic E-state index is -0.312. The predicted molar refractivity (Wildman–Crippen MR) is 143 cm³/mol. The Kier molecular flexibility index (Phi) is 6.63. The number of para-hydroxylation sites is 2. The first kappa shape index (κ1) is 22.5. The lowest BCUT2D eigenvalue weighted by molar-refractivity contribution is 0.0956. The lowest BCUT2D eigenvalue weighted by atomic mass is 10.0. The first-order valence-corrected chi connectivity index (χ1v) is 11.8. The van der Waals surface area contributed by atoms with Gasteiger partial charge in [0.05, 0.1) is 23.0 Å². The van der Waals surface area contributed by atoms with Crippen molar-refractivity contribution >= 4 is 39.0 Å². The van der Waals surface area contributed by atoms with Crippen LogP contribution in [0.25, 0.3) is 22.2 Å². The summed E-state index contributed by atoms with van der Waals surface area (Å²) in [6.45, 7) is 0. The predicted octanol–water partition coefficient (Wildman–Crippen LogP) is 7.22. The van der Waals surface area contributed by atoms with Gasteiger partial charge in [0, 0.05) is 15.4 Å². The average Bonchev–Trinajstić information content (AvgIpc) is 2.89. The standard InChI is InChI=1S/C29H20BrN3O2/c30-22-10-7-9-21(17-22)28-18-26(25-14-4-5-15-27(25)32-28)29(34)33-31-19-20-8-6-13-24(16-20)35-23-11-2-1-3-12-23/h1-19H,(H,33,34). The van der Waals surface area contributed by atoms with E-state index < -0.39 is 0 Å². The van der Waals surface area contributed by atoms with Crippen molar-refractivity contribution in [3.8, 4) is 22.8 Å². The Hall–Kier alpha value is -4.29. The van der Waals surface area contributed by atoms with Crippen LogP contribution in [0.3, 0.4) is 0 Å². The topological polar surface area (TPSA) is 63.6 Å². The number of nitrogens with zero attached hydrogens (tertiary/aromatic N) is 2. The van der Waals surface area contributed by atoms with E-state index in [1.165, 1.54) is 0 Å². The summed E-state index contributed by atoms with van der Waals surface area (Å²) in [7, 11) is 0. The Morgan fingerprint density at radius 3 is 2.46 bits per heavy atom. The second-order valence-electron chi connectivity index (χ2n) is 7.77. The molecule has 0 aliphatic carbocycles. The third kappa shape index (κ3) is 5.45. The number of amides is 1. The number of rotatable bonds is 6. The van der Waals surface area contributed by atoms with E-state index in [1.54, 1.807) is 12.3 Å². The molecule has 5 nitrogen and oxygen atoms in total. The number of hydrogen-bond acceptors (Lipinski definition) is 4. The number of halogens is 1. The summed E-state index contributed by atoms with van der Waals surface area (Å²) in [6, 6.07) is 34.3. The van der Waals surface area contributed by atoms with Crippen LogP contribution in [0.15, 0.2) is 119 Å². The Morgan fingerprint density at radius 2 is 1.60 bits per heavy atom. The highest BCUT2D eigenvalue weighted by atomic mass is 79.9. The van der Waals surface area contributed by atoms with Crippen molar-refractivity contribution < 1.29 is 9.53 Å². The fourth-order valence-corrected chi connectivity index (χ4v) is 4.07. The monoisotopic (exact) mass is 521 g/mol. The number of nitrogens with one attached hydrogen (secondary N) is 1. The van der Waals surface area contributed by atoms with Crippen molar-refractivity contribution in [1.82, 2.24) is 10.4 Å². The molecule has 1 aromatic heterocycles. The average molecular weight is 522 g/mol. The van der Waals surface area contributed by atoms with Crippen LogP contribution in [0.4, 0.5) is 0 Å². The maximum atomic E-state index is 13.1. The minimum Gasteiger partial charge on any atom is -0.457 e. The summed E-state index contributed by atoms with van der Waals surface area (Å²) in [5.74, 6) is 1.12. The van der Waals surface area contributed by atoms with Crippen LogP contribution in [0.2, 0.25) is 0 Å². The summed E-state index contributed by atoms with van der Waals surface area (Å²) in [5, 5.41) is 4.94. The minimum absolute atomic E-state index is 0.312. The fourth-order valence-electron chi connectivity index (χ4n) is 3.67. The molecule has 1 heterocycles. The van der Waals surface area contributed by atoms with Gasteiger partial charge in [-0.15, -0.1) is 0 Å². The van der Waals surface area contributed by atoms with Gasteiger partial charge in [-0.2, -0.15) is 5.10 Å². The second-order valence-corrected chi connectivity index (χ2v) is 8.68. The van der Waals surface area contributed by atoms with E-state index in [-0.39, 0.29) is 5.91 Å². The van der Waals surface area contributed by atoms with Gasteiger partial charge in [-0.25, -0.2) is 10.4 Å². The van der Waals surface area contributed by atoms with Crippen molar-refractivity contribution in [2.45, 2.75) is 0 Å². The van der Waals surface area contributed by atoms with Crippen LogP contribution < -0.4 is 10.2 Å². The molecule has 0 aliphatic heterocycles. The van der Waals surface area contributed by atoms with Gasteiger partial charge < -0.3 is 4.74 Å². The third-order valence-corrected chi connectivity index (χ3v) is 5.79. The first-order chi connectivity index (χ1) is 17.2. The molecule has 1 amide bonds. The number of benzene rings is 4. The summed E-state index contributed by atoms with van der Waals surface area (Å²) < 4.78 is 6.81. The first-order valence-electron chi connectivity index (χ1n) is 11.0. The molecule has 0 atom stereocenters. The van der Waals surface area contributed by atoms with Crippen LogP contribution in [-0.2, 0) is 0 Å². The van der Waals surface area contributed by atoms with Crippen molar-refractivity contribution in [1.29, 1.82) is 0 Å². The zero-order chi connectivity index (χ0) is 24.0. The van der Waals surface area contributed by atoms with E-state index >= 15 is 0 Å². The SMILES string of the molecule is O=C(NN=Cc1cccc(Oc2ccccc2)c1)c1cc(-c2cccc(Br)c2)nc2ccccc12. The maximum Gasteiger partial charge on any atom is 0.272 e. The number of hydrogen-bond donors (Lipinski definition) is 1. The van der Waals surface area contributed by atoms with Crippen molar-refractivity contribution in [2.24, 2.45) is 5.10 Å². The smallest absolute Gasteiger partial charge is 0.272 e. The van der Waals surface area contributed by atoms with Crippen LogP contribution in [0.1, 0.15) is 15.9 Å². The summed E-state index contributed by atoms with van der Waals surface area (Å²) >= 11 is 3.50. The van der Waals surface area contributed by atoms with Crippen LogP contribution in [-0.4, -0.2) is 17.1 Å². The molecular formula is C29H20BrN3O2. The zero-order valence-electron chi connectivity index (χ0n) is 18.6. The van der Waals surface area contributed by atoms with Gasteiger partial charge in [0.2, 0.25) is 0 Å². The summed E-state index contributed by atoms with van der Waals surface area (Å²) in [4.78, 5) is 17.9. The van der Waals surface area contributed by atoms with Crippen LogP contribution in [0, 0.1) is 0 Å². The van der Waals surface area contributed by atoms with Gasteiger partial charge in [0.15, 0.2) is 0 Å². The number of hydrazone groups is 1. The van der Waals surface area contributed by atoms with Gasteiger partial charge in [-0.3, -0.25) is 4.79 Å². The zero-order valence-corrected chi connectivity index (χ0v) is 20.1. The van der Waals surface area contributed by atoms with E-state index in [9.17, 15) is 4.79 Å². The van der Waals surface area contributed by atoms with Crippen molar-refractivity contribution in [3.63, 3.8) is 0 Å². The van der Waals surface area contributed by atoms with Gasteiger partial charge in [0.1, 0.15) is 11.5 Å². The van der Waals surface area contributed by atoms with E-state index in [0.29, 0.717) is 17.0 Å². The number of aromatic nitrogens is 1. The molecule has 0 radical (unpaired) electrons. The fraction of sp³-hybridized carbons (Fsp3) is 0. The van der Waals surface area contributed by atoms with E-state index in [4.69, 9.17) is 9.72 Å². The summed E-state index contributed by atoms with van der Waals surface area (Å²) in [5.41, 5.74) is 6.32. The lowest BCUT2D eigenvalue weighted by Crippen LogP contribution is -2.18. The molecule has 0 aliphatic rings. The molecule has 0 bridgehead atoms. The molecule has 35 heavy (non-hydrogen) atoms. The Balaban J connectivity index is 1.38. The molecule has 4 aromatic carbocycles. The highest BCUT2D eigenvalue weighted by Crippen LogP contribution is 2.27. The van der Waals surface area contributed by atoms with Crippen molar-refractivity contribution in [3.05, 3.63) is 125 Å². The number of fused-ring (bicyclic) bond motifs is 1. The number of ether oxygens (including phenoxy) is 1. The van der Waals surface area contributed by atoms with Gasteiger partial charge >= 0.3 is 0 Å².